The Morgan fingerprint density at radius 1 is 0.844 bits per heavy atom. The normalized spacial score (nSPS) is 31.4. The van der Waals surface area contributed by atoms with Crippen molar-refractivity contribution < 1.29 is 28.5 Å². The van der Waals surface area contributed by atoms with Crippen LogP contribution in [-0.4, -0.2) is 37.7 Å². The molecule has 2 saturated heterocycles. The van der Waals surface area contributed by atoms with Crippen molar-refractivity contribution in [3.8, 4) is 0 Å². The van der Waals surface area contributed by atoms with Crippen LogP contribution in [-0.2, 0) is 28.5 Å². The van der Waals surface area contributed by atoms with E-state index in [1.165, 1.54) is 0 Å². The summed E-state index contributed by atoms with van der Waals surface area (Å²) in [5.74, 6) is -1.59. The van der Waals surface area contributed by atoms with Crippen LogP contribution in [0.3, 0.4) is 0 Å². The smallest absolute Gasteiger partial charge is 0.321 e. The number of unbranched alkanes of at least 4 members (excludes halogenated alkanes) is 4. The van der Waals surface area contributed by atoms with Gasteiger partial charge in [-0.1, -0.05) is 63.8 Å². The van der Waals surface area contributed by atoms with E-state index in [9.17, 15) is 9.59 Å². The van der Waals surface area contributed by atoms with Crippen LogP contribution in [0.5, 0.6) is 0 Å². The summed E-state index contributed by atoms with van der Waals surface area (Å²) in [7, 11) is 0. The minimum absolute atomic E-state index is 0.0614. The van der Waals surface area contributed by atoms with Gasteiger partial charge in [0, 0.05) is 25.6 Å². The summed E-state index contributed by atoms with van der Waals surface area (Å²) < 4.78 is 23.5. The van der Waals surface area contributed by atoms with Crippen molar-refractivity contribution in [2.45, 2.75) is 89.6 Å². The summed E-state index contributed by atoms with van der Waals surface area (Å²) in [6.45, 7) is 5.68. The Labute approximate surface area is 190 Å². The average molecular weight is 445 g/mol. The zero-order chi connectivity index (χ0) is 22.5. The van der Waals surface area contributed by atoms with Crippen molar-refractivity contribution in [3.63, 3.8) is 0 Å². The highest BCUT2D eigenvalue weighted by molar-refractivity contribution is 6.00. The van der Waals surface area contributed by atoms with Crippen molar-refractivity contribution >= 4 is 11.9 Å². The Balaban J connectivity index is 1.53. The molecule has 6 nitrogen and oxygen atoms in total. The van der Waals surface area contributed by atoms with Crippen LogP contribution >= 0.6 is 0 Å². The number of carbonyl (C=O) groups excluding carboxylic acids is 2. The van der Waals surface area contributed by atoms with Crippen molar-refractivity contribution in [2.24, 2.45) is 11.8 Å². The largest absolute Gasteiger partial charge is 0.392 e. The molecule has 1 aliphatic carbocycles. The number of hydrogen-bond acceptors (Lipinski definition) is 6. The Kier molecular flexibility index (Phi) is 7.98. The van der Waals surface area contributed by atoms with Gasteiger partial charge in [0.25, 0.3) is 0 Å². The molecular formula is C26H36O6. The Bertz CT molecular complexity index is 792. The summed E-state index contributed by atoms with van der Waals surface area (Å²) in [6, 6.07) is 7.97. The van der Waals surface area contributed by atoms with E-state index < -0.39 is 23.8 Å². The van der Waals surface area contributed by atoms with E-state index in [0.29, 0.717) is 19.6 Å². The van der Waals surface area contributed by atoms with Gasteiger partial charge in [0.1, 0.15) is 0 Å². The maximum Gasteiger partial charge on any atom is 0.321 e. The molecule has 4 rings (SSSR count). The number of esters is 2. The molecule has 1 aromatic carbocycles. The van der Waals surface area contributed by atoms with Gasteiger partial charge in [0.05, 0.1) is 11.8 Å². The van der Waals surface area contributed by atoms with Crippen molar-refractivity contribution in [1.29, 1.82) is 0 Å². The van der Waals surface area contributed by atoms with E-state index in [4.69, 9.17) is 18.9 Å². The van der Waals surface area contributed by atoms with Crippen LogP contribution in [0, 0.1) is 11.8 Å². The number of cyclic esters (lactones) is 2. The molecule has 0 spiro atoms. The predicted octanol–water partition coefficient (Wildman–Crippen LogP) is 5.06. The molecule has 2 heterocycles. The first-order chi connectivity index (χ1) is 15.6. The molecule has 1 aromatic rings. The molecule has 32 heavy (non-hydrogen) atoms. The minimum atomic E-state index is -0.484. The van der Waals surface area contributed by atoms with Gasteiger partial charge in [0.2, 0.25) is 0 Å². The second kappa shape index (κ2) is 10.9. The zero-order valence-electron chi connectivity index (χ0n) is 19.3. The van der Waals surface area contributed by atoms with Gasteiger partial charge >= 0.3 is 11.9 Å². The average Bonchev–Trinajstić information content (AvgIpc) is 3.33. The molecule has 3 aliphatic rings. The van der Waals surface area contributed by atoms with E-state index in [1.807, 2.05) is 18.2 Å². The second-order valence-electron chi connectivity index (χ2n) is 9.28. The van der Waals surface area contributed by atoms with Crippen molar-refractivity contribution in [2.75, 3.05) is 13.2 Å². The quantitative estimate of drug-likeness (QED) is 0.270. The van der Waals surface area contributed by atoms with Crippen LogP contribution in [0.1, 0.15) is 88.2 Å². The maximum atomic E-state index is 12.5. The van der Waals surface area contributed by atoms with Gasteiger partial charge in [-0.25, -0.2) is 0 Å². The molecule has 176 valence electrons. The number of carbonyl (C=O) groups is 2. The lowest BCUT2D eigenvalue weighted by Gasteiger charge is -2.35. The van der Waals surface area contributed by atoms with Gasteiger partial charge in [-0.05, 0) is 36.3 Å². The fourth-order valence-electron chi connectivity index (χ4n) is 5.43. The number of hydrogen-bond donors (Lipinski definition) is 0. The molecule has 0 bridgehead atoms. The van der Waals surface area contributed by atoms with Crippen LogP contribution in [0.4, 0.5) is 0 Å². The first-order valence-corrected chi connectivity index (χ1v) is 12.4. The molecule has 0 saturated carbocycles. The highest BCUT2D eigenvalue weighted by atomic mass is 16.8. The molecule has 6 atom stereocenters. The van der Waals surface area contributed by atoms with E-state index in [2.05, 4.69) is 19.9 Å². The maximum absolute atomic E-state index is 12.5. The molecular weight excluding hydrogens is 408 g/mol. The topological polar surface area (TPSA) is 71.1 Å². The molecule has 0 amide bonds. The Hall–Kier alpha value is -1.76. The minimum Gasteiger partial charge on any atom is -0.392 e. The van der Waals surface area contributed by atoms with Gasteiger partial charge in [-0.3, -0.25) is 9.59 Å². The summed E-state index contributed by atoms with van der Waals surface area (Å²) >= 11 is 0. The molecule has 2 fully saturated rings. The van der Waals surface area contributed by atoms with Crippen LogP contribution < -0.4 is 0 Å². The first-order valence-electron chi connectivity index (χ1n) is 12.4. The lowest BCUT2D eigenvalue weighted by molar-refractivity contribution is -0.213. The van der Waals surface area contributed by atoms with Gasteiger partial charge in [0.15, 0.2) is 12.6 Å². The van der Waals surface area contributed by atoms with E-state index in [-0.39, 0.29) is 24.4 Å². The third-order valence-corrected chi connectivity index (χ3v) is 7.10. The number of ether oxygens (including phenoxy) is 4. The van der Waals surface area contributed by atoms with Crippen LogP contribution in [0.25, 0.3) is 0 Å². The summed E-state index contributed by atoms with van der Waals surface area (Å²) in [5.41, 5.74) is 2.03. The highest BCUT2D eigenvalue weighted by Gasteiger charge is 2.53. The summed E-state index contributed by atoms with van der Waals surface area (Å²) in [4.78, 5) is 24.8. The van der Waals surface area contributed by atoms with Crippen molar-refractivity contribution in [1.82, 2.24) is 0 Å². The zero-order valence-corrected chi connectivity index (χ0v) is 19.3. The Morgan fingerprint density at radius 3 is 2.25 bits per heavy atom. The molecule has 6 unspecified atom stereocenters. The predicted molar refractivity (Wildman–Crippen MR) is 119 cm³/mol. The number of benzene rings is 1. The van der Waals surface area contributed by atoms with E-state index in [0.717, 1.165) is 56.1 Å². The lowest BCUT2D eigenvalue weighted by atomic mass is 9.67. The monoisotopic (exact) mass is 444 g/mol. The summed E-state index contributed by atoms with van der Waals surface area (Å²) in [6.07, 6.45) is 7.21. The molecule has 0 aromatic heterocycles. The Morgan fingerprint density at radius 2 is 1.53 bits per heavy atom. The lowest BCUT2D eigenvalue weighted by Crippen LogP contribution is -2.33. The fourth-order valence-corrected chi connectivity index (χ4v) is 5.43. The van der Waals surface area contributed by atoms with Crippen molar-refractivity contribution in [3.05, 3.63) is 35.4 Å². The van der Waals surface area contributed by atoms with E-state index in [1.54, 1.807) is 0 Å². The molecule has 0 radical (unpaired) electrons. The second-order valence-corrected chi connectivity index (χ2v) is 9.28. The van der Waals surface area contributed by atoms with Gasteiger partial charge < -0.3 is 18.9 Å². The first kappa shape index (κ1) is 23.4. The summed E-state index contributed by atoms with van der Waals surface area (Å²) in [5, 5.41) is 0. The van der Waals surface area contributed by atoms with Crippen LogP contribution in [0.15, 0.2) is 24.3 Å². The highest BCUT2D eigenvalue weighted by Crippen LogP contribution is 2.52. The number of fused-ring (bicyclic) bond motifs is 3. The van der Waals surface area contributed by atoms with Gasteiger partial charge in [-0.2, -0.15) is 0 Å². The van der Waals surface area contributed by atoms with Gasteiger partial charge in [-0.15, -0.1) is 0 Å². The molecule has 0 N–H and O–H groups in total. The van der Waals surface area contributed by atoms with E-state index >= 15 is 0 Å². The standard InChI is InChI=1S/C26H36O6/c1-3-5-9-13-29-22-16-20(26(31-22)30-14-10-6-4-2)19-15-21-23(25(28)32-24(21)27)18-12-8-7-11-17(18)19/h7-8,11-12,19-23,26H,3-6,9-10,13-16H2,1-2H3. The number of rotatable bonds is 11. The van der Waals surface area contributed by atoms with Crippen LogP contribution in [0.2, 0.25) is 0 Å². The third-order valence-electron chi connectivity index (χ3n) is 7.10. The molecule has 6 heteroatoms. The molecule has 2 aliphatic heterocycles. The SMILES string of the molecule is CCCCCOC1CC(C2CC3C(=O)OC(=O)C3c3ccccc32)C(OCCCCC)O1. The third kappa shape index (κ3) is 4.92. The fraction of sp³-hybridized carbons (Fsp3) is 0.692.